The Morgan fingerprint density at radius 2 is 1.70 bits per heavy atom. The number of nitrogens with one attached hydrogen (secondary N) is 1. The Morgan fingerprint density at radius 1 is 0.939 bits per heavy atom. The van der Waals surface area contributed by atoms with Gasteiger partial charge in [0.1, 0.15) is 0 Å². The molecule has 1 heterocycles. The van der Waals surface area contributed by atoms with Crippen molar-refractivity contribution in [2.45, 2.75) is 31.7 Å². The molecule has 0 spiro atoms. The molecule has 0 fully saturated rings. The fourth-order valence-electron chi connectivity index (χ4n) is 4.08. The van der Waals surface area contributed by atoms with Gasteiger partial charge in [0.05, 0.1) is 14.2 Å². The summed E-state index contributed by atoms with van der Waals surface area (Å²) in [6.07, 6.45) is 1.55. The molecule has 1 aliphatic rings. The largest absolute Gasteiger partial charge is 0.493 e. The predicted molar refractivity (Wildman–Crippen MR) is 127 cm³/mol. The normalized spacial score (nSPS) is 13.8. The second kappa shape index (κ2) is 10.3. The molecule has 0 saturated carbocycles. The van der Waals surface area contributed by atoms with Gasteiger partial charge in [-0.25, -0.2) is 0 Å². The van der Waals surface area contributed by atoms with Crippen molar-refractivity contribution in [2.24, 2.45) is 0 Å². The number of carbonyl (C=O) groups is 1. The van der Waals surface area contributed by atoms with Crippen LogP contribution in [0.3, 0.4) is 0 Å². The average Bonchev–Trinajstić information content (AvgIpc) is 3.34. The Balaban J connectivity index is 1.52. The maximum absolute atomic E-state index is 13.1. The molecule has 0 saturated heterocycles. The first-order valence-electron chi connectivity index (χ1n) is 11.1. The third-order valence-corrected chi connectivity index (χ3v) is 6.07. The van der Waals surface area contributed by atoms with Crippen LogP contribution < -0.4 is 24.3 Å². The summed E-state index contributed by atoms with van der Waals surface area (Å²) in [4.78, 5) is 13.1. The van der Waals surface area contributed by atoms with Crippen molar-refractivity contribution in [2.75, 3.05) is 21.0 Å². The zero-order valence-corrected chi connectivity index (χ0v) is 19.2. The first-order valence-corrected chi connectivity index (χ1v) is 11.1. The highest BCUT2D eigenvalue weighted by Crippen LogP contribution is 2.33. The summed E-state index contributed by atoms with van der Waals surface area (Å²) in [6, 6.07) is 21.4. The zero-order chi connectivity index (χ0) is 23.2. The Hall–Kier alpha value is -3.67. The first-order chi connectivity index (χ1) is 16.1. The Labute approximate surface area is 194 Å². The van der Waals surface area contributed by atoms with Gasteiger partial charge in [0.25, 0.3) is 5.91 Å². The van der Waals surface area contributed by atoms with Crippen LogP contribution in [0.25, 0.3) is 0 Å². The lowest BCUT2D eigenvalue weighted by atomic mass is 9.89. The highest BCUT2D eigenvalue weighted by atomic mass is 16.7. The summed E-state index contributed by atoms with van der Waals surface area (Å²) in [6.45, 7) is 2.33. The summed E-state index contributed by atoms with van der Waals surface area (Å²) in [7, 11) is 3.26. The third kappa shape index (κ3) is 5.22. The van der Waals surface area contributed by atoms with E-state index in [2.05, 4.69) is 24.4 Å². The lowest BCUT2D eigenvalue weighted by molar-refractivity contribution is 0.0929. The first kappa shape index (κ1) is 22.5. The Kier molecular flexibility index (Phi) is 7.03. The second-order valence-electron chi connectivity index (χ2n) is 8.08. The van der Waals surface area contributed by atoms with E-state index in [0.29, 0.717) is 28.6 Å². The van der Waals surface area contributed by atoms with Gasteiger partial charge in [0.2, 0.25) is 6.79 Å². The van der Waals surface area contributed by atoms with Gasteiger partial charge in [-0.05, 0) is 54.3 Å². The van der Waals surface area contributed by atoms with Gasteiger partial charge in [-0.1, -0.05) is 43.3 Å². The van der Waals surface area contributed by atoms with Crippen molar-refractivity contribution in [1.29, 1.82) is 0 Å². The minimum absolute atomic E-state index is 0.0709. The van der Waals surface area contributed by atoms with E-state index in [4.69, 9.17) is 18.9 Å². The number of ether oxygens (including phenoxy) is 4. The third-order valence-electron chi connectivity index (χ3n) is 6.07. The molecule has 3 aromatic carbocycles. The van der Waals surface area contributed by atoms with Crippen molar-refractivity contribution in [3.63, 3.8) is 0 Å². The predicted octanol–water partition coefficient (Wildman–Crippen LogP) is 4.97. The Bertz CT molecular complexity index is 1100. The summed E-state index contributed by atoms with van der Waals surface area (Å²) < 4.78 is 21.6. The lowest BCUT2D eigenvalue weighted by Crippen LogP contribution is -2.39. The van der Waals surface area contributed by atoms with Crippen molar-refractivity contribution in [1.82, 2.24) is 5.32 Å². The molecule has 0 aromatic heterocycles. The number of hydrogen-bond donors (Lipinski definition) is 1. The van der Waals surface area contributed by atoms with Gasteiger partial charge in [-0.3, -0.25) is 4.79 Å². The van der Waals surface area contributed by atoms with Gasteiger partial charge in [0, 0.05) is 17.5 Å². The molecule has 1 amide bonds. The molecule has 6 nitrogen and oxygen atoms in total. The molecule has 3 aromatic rings. The maximum Gasteiger partial charge on any atom is 0.251 e. The fraction of sp³-hybridized carbons (Fsp3) is 0.296. The van der Waals surface area contributed by atoms with Crippen LogP contribution in [0.4, 0.5) is 0 Å². The molecule has 0 bridgehead atoms. The number of rotatable bonds is 9. The molecule has 4 rings (SSSR count). The molecule has 172 valence electrons. The van der Waals surface area contributed by atoms with Crippen molar-refractivity contribution < 1.29 is 23.7 Å². The van der Waals surface area contributed by atoms with Crippen LogP contribution in [-0.4, -0.2) is 33.0 Å². The van der Waals surface area contributed by atoms with Crippen LogP contribution >= 0.6 is 0 Å². The zero-order valence-electron chi connectivity index (χ0n) is 19.2. The van der Waals surface area contributed by atoms with E-state index in [1.807, 2.05) is 36.4 Å². The SMILES string of the molecule is COc1ccc(CC[C@@H](NC(=O)c2ccc3c(c2)OCO3)[C@@H](C)c2ccccc2)cc1OC. The molecule has 0 radical (unpaired) electrons. The minimum atomic E-state index is -0.131. The summed E-state index contributed by atoms with van der Waals surface area (Å²) in [5.41, 5.74) is 2.85. The van der Waals surface area contributed by atoms with E-state index in [-0.39, 0.29) is 24.7 Å². The summed E-state index contributed by atoms with van der Waals surface area (Å²) >= 11 is 0. The van der Waals surface area contributed by atoms with Crippen molar-refractivity contribution in [3.8, 4) is 23.0 Å². The quantitative estimate of drug-likeness (QED) is 0.502. The van der Waals surface area contributed by atoms with E-state index in [1.54, 1.807) is 32.4 Å². The number of hydrogen-bond acceptors (Lipinski definition) is 5. The van der Waals surface area contributed by atoms with Crippen LogP contribution in [0.1, 0.15) is 40.7 Å². The standard InChI is InChI=1S/C27H29NO5/c1-18(20-7-5-4-6-8-20)22(12-9-19-10-13-23(30-2)25(15-19)31-3)28-27(29)21-11-14-24-26(16-21)33-17-32-24/h4-8,10-11,13-16,18,22H,9,12,17H2,1-3H3,(H,28,29)/t18-,22+/m0/s1. The molecular weight excluding hydrogens is 418 g/mol. The van der Waals surface area contributed by atoms with E-state index in [1.165, 1.54) is 5.56 Å². The molecular formula is C27H29NO5. The fourth-order valence-corrected chi connectivity index (χ4v) is 4.08. The maximum atomic E-state index is 13.1. The number of fused-ring (bicyclic) bond motifs is 1. The van der Waals surface area contributed by atoms with E-state index >= 15 is 0 Å². The Morgan fingerprint density at radius 3 is 2.45 bits per heavy atom. The summed E-state index contributed by atoms with van der Waals surface area (Å²) in [5, 5.41) is 3.25. The molecule has 1 aliphatic heterocycles. The smallest absolute Gasteiger partial charge is 0.251 e. The second-order valence-corrected chi connectivity index (χ2v) is 8.08. The van der Waals surface area contributed by atoms with Gasteiger partial charge >= 0.3 is 0 Å². The average molecular weight is 448 g/mol. The van der Waals surface area contributed by atoms with Crippen LogP contribution in [0.2, 0.25) is 0 Å². The lowest BCUT2D eigenvalue weighted by Gasteiger charge is -2.26. The number of benzene rings is 3. The minimum Gasteiger partial charge on any atom is -0.493 e. The highest BCUT2D eigenvalue weighted by Gasteiger charge is 2.23. The van der Waals surface area contributed by atoms with Gasteiger partial charge in [-0.2, -0.15) is 0 Å². The molecule has 2 atom stereocenters. The number of methoxy groups -OCH3 is 2. The van der Waals surface area contributed by atoms with Crippen LogP contribution in [-0.2, 0) is 6.42 Å². The van der Waals surface area contributed by atoms with Crippen molar-refractivity contribution in [3.05, 3.63) is 83.4 Å². The van der Waals surface area contributed by atoms with Crippen LogP contribution in [0.15, 0.2) is 66.7 Å². The molecule has 0 aliphatic carbocycles. The number of aryl methyl sites for hydroxylation is 1. The van der Waals surface area contributed by atoms with Crippen LogP contribution in [0, 0.1) is 0 Å². The molecule has 6 heteroatoms. The highest BCUT2D eigenvalue weighted by molar-refractivity contribution is 5.95. The van der Waals surface area contributed by atoms with E-state index in [0.717, 1.165) is 18.4 Å². The van der Waals surface area contributed by atoms with Crippen LogP contribution in [0.5, 0.6) is 23.0 Å². The molecule has 1 N–H and O–H groups in total. The van der Waals surface area contributed by atoms with E-state index in [9.17, 15) is 4.79 Å². The van der Waals surface area contributed by atoms with Crippen molar-refractivity contribution >= 4 is 5.91 Å². The monoisotopic (exact) mass is 447 g/mol. The van der Waals surface area contributed by atoms with Gasteiger partial charge in [0.15, 0.2) is 23.0 Å². The molecule has 0 unspecified atom stereocenters. The number of amides is 1. The number of carbonyl (C=O) groups excluding carboxylic acids is 1. The molecule has 33 heavy (non-hydrogen) atoms. The topological polar surface area (TPSA) is 66.0 Å². The van der Waals surface area contributed by atoms with Gasteiger partial charge in [-0.15, -0.1) is 0 Å². The van der Waals surface area contributed by atoms with E-state index < -0.39 is 0 Å². The van der Waals surface area contributed by atoms with Gasteiger partial charge < -0.3 is 24.3 Å². The summed E-state index contributed by atoms with van der Waals surface area (Å²) in [5.74, 6) is 2.66.